The summed E-state index contributed by atoms with van der Waals surface area (Å²) in [5.41, 5.74) is 0.0677. The molecule has 2 aromatic rings. The molecule has 0 aliphatic rings. The van der Waals surface area contributed by atoms with Crippen molar-refractivity contribution in [1.82, 2.24) is 0 Å². The Morgan fingerprint density at radius 1 is 1.12 bits per heavy atom. The molecule has 24 heavy (non-hydrogen) atoms. The first-order valence-electron chi connectivity index (χ1n) is 6.70. The van der Waals surface area contributed by atoms with Gasteiger partial charge in [0.2, 0.25) is 0 Å². The minimum atomic E-state index is -0.695. The number of methoxy groups -OCH3 is 1. The predicted molar refractivity (Wildman–Crippen MR) is 93.4 cm³/mol. The van der Waals surface area contributed by atoms with Crippen LogP contribution in [-0.4, -0.2) is 30.4 Å². The molecule has 124 valence electrons. The first-order chi connectivity index (χ1) is 11.4. The third-order valence-corrected chi connectivity index (χ3v) is 3.82. The highest BCUT2D eigenvalue weighted by Gasteiger charge is 2.20. The van der Waals surface area contributed by atoms with Gasteiger partial charge in [-0.05, 0) is 46.9 Å². The van der Waals surface area contributed by atoms with Crippen LogP contribution in [0.1, 0.15) is 20.7 Å². The monoisotopic (exact) mass is 441 g/mol. The lowest BCUT2D eigenvalue weighted by molar-refractivity contribution is -0.385. The number of benzene rings is 2. The maximum absolute atomic E-state index is 12.1. The zero-order valence-electron chi connectivity index (χ0n) is 12.5. The Morgan fingerprint density at radius 3 is 2.33 bits per heavy atom. The van der Waals surface area contributed by atoms with Crippen LogP contribution in [0.15, 0.2) is 42.5 Å². The predicted octanol–water partition coefficient (Wildman–Crippen LogP) is 3.25. The molecule has 0 saturated carbocycles. The van der Waals surface area contributed by atoms with Crippen LogP contribution >= 0.6 is 22.6 Å². The molecule has 0 bridgehead atoms. The van der Waals surface area contributed by atoms with Gasteiger partial charge in [0.25, 0.3) is 0 Å². The lowest BCUT2D eigenvalue weighted by atomic mass is 10.1. The molecule has 0 aromatic heterocycles. The Hall–Kier alpha value is -2.49. The van der Waals surface area contributed by atoms with Crippen molar-refractivity contribution in [1.29, 1.82) is 0 Å². The summed E-state index contributed by atoms with van der Waals surface area (Å²) in [6.45, 7) is -0.348. The van der Waals surface area contributed by atoms with Gasteiger partial charge in [-0.3, -0.25) is 14.9 Å². The van der Waals surface area contributed by atoms with Crippen molar-refractivity contribution in [2.24, 2.45) is 0 Å². The van der Waals surface area contributed by atoms with E-state index in [4.69, 9.17) is 4.74 Å². The lowest BCUT2D eigenvalue weighted by Gasteiger charge is -2.07. The van der Waals surface area contributed by atoms with Crippen LogP contribution in [0.4, 0.5) is 5.69 Å². The molecule has 0 atom stereocenters. The van der Waals surface area contributed by atoms with Crippen molar-refractivity contribution < 1.29 is 24.0 Å². The molecule has 2 aromatic carbocycles. The molecule has 0 fully saturated rings. The van der Waals surface area contributed by atoms with Crippen molar-refractivity contribution in [3.63, 3.8) is 0 Å². The summed E-state index contributed by atoms with van der Waals surface area (Å²) in [4.78, 5) is 33.9. The van der Waals surface area contributed by atoms with Crippen molar-refractivity contribution in [3.8, 4) is 5.75 Å². The number of esters is 1. The SMILES string of the molecule is COC(=O)c1ccc(OCC(=O)c2ccc(I)cc2)c([N+](=O)[O-])c1. The number of hydrogen-bond donors (Lipinski definition) is 0. The number of rotatable bonds is 6. The van der Waals surface area contributed by atoms with Crippen LogP contribution < -0.4 is 4.74 Å². The molecule has 7 nitrogen and oxygen atoms in total. The Balaban J connectivity index is 2.17. The third kappa shape index (κ3) is 4.28. The van der Waals surface area contributed by atoms with Crippen molar-refractivity contribution in [3.05, 3.63) is 67.3 Å². The van der Waals surface area contributed by atoms with E-state index in [1.54, 1.807) is 24.3 Å². The number of nitrogens with zero attached hydrogens (tertiary/aromatic N) is 1. The van der Waals surface area contributed by atoms with E-state index in [0.717, 1.165) is 9.64 Å². The minimum Gasteiger partial charge on any atom is -0.478 e. The van der Waals surface area contributed by atoms with Crippen LogP contribution in [-0.2, 0) is 4.74 Å². The molecule has 0 aliphatic carbocycles. The van der Waals surface area contributed by atoms with Crippen molar-refractivity contribution >= 4 is 40.0 Å². The van der Waals surface area contributed by atoms with Gasteiger partial charge >= 0.3 is 11.7 Å². The highest BCUT2D eigenvalue weighted by molar-refractivity contribution is 14.1. The Morgan fingerprint density at radius 2 is 1.75 bits per heavy atom. The molecular weight excluding hydrogens is 429 g/mol. The number of ketones is 1. The first kappa shape index (κ1) is 17.9. The van der Waals surface area contributed by atoms with E-state index in [1.807, 2.05) is 0 Å². The number of Topliss-reactive ketones (excluding diaryl/α,β-unsaturated/α-hetero) is 1. The Bertz CT molecular complexity index is 788. The fraction of sp³-hybridized carbons (Fsp3) is 0.125. The molecule has 0 aliphatic heterocycles. The maximum Gasteiger partial charge on any atom is 0.338 e. The molecule has 0 saturated heterocycles. The van der Waals surface area contributed by atoms with Crippen LogP contribution in [0.25, 0.3) is 0 Å². The lowest BCUT2D eigenvalue weighted by Crippen LogP contribution is -2.12. The van der Waals surface area contributed by atoms with Gasteiger partial charge < -0.3 is 9.47 Å². The van der Waals surface area contributed by atoms with E-state index in [-0.39, 0.29) is 23.7 Å². The smallest absolute Gasteiger partial charge is 0.338 e. The summed E-state index contributed by atoms with van der Waals surface area (Å²) >= 11 is 2.12. The zero-order chi connectivity index (χ0) is 17.7. The molecule has 0 spiro atoms. The number of carbonyl (C=O) groups excluding carboxylic acids is 2. The minimum absolute atomic E-state index is 0.0283. The second-order valence-electron chi connectivity index (χ2n) is 4.65. The first-order valence-corrected chi connectivity index (χ1v) is 7.78. The Kier molecular flexibility index (Phi) is 5.85. The highest BCUT2D eigenvalue weighted by Crippen LogP contribution is 2.28. The fourth-order valence-corrected chi connectivity index (χ4v) is 2.25. The maximum atomic E-state index is 12.1. The Labute approximate surface area is 150 Å². The second kappa shape index (κ2) is 7.86. The summed E-state index contributed by atoms with van der Waals surface area (Å²) in [5, 5.41) is 11.1. The van der Waals surface area contributed by atoms with E-state index in [1.165, 1.54) is 19.2 Å². The summed E-state index contributed by atoms with van der Waals surface area (Å²) in [5.74, 6) is -1.09. The molecule has 2 rings (SSSR count). The molecule has 0 N–H and O–H groups in total. The van der Waals surface area contributed by atoms with Gasteiger partial charge in [0.1, 0.15) is 0 Å². The molecule has 0 heterocycles. The topological polar surface area (TPSA) is 95.7 Å². The normalized spacial score (nSPS) is 10.1. The summed E-state index contributed by atoms with van der Waals surface area (Å²) in [6, 6.07) is 10.5. The van der Waals surface area contributed by atoms with Gasteiger partial charge in [-0.25, -0.2) is 4.79 Å². The quantitative estimate of drug-likeness (QED) is 0.225. The number of ether oxygens (including phenoxy) is 2. The van der Waals surface area contributed by atoms with Gasteiger partial charge in [-0.15, -0.1) is 0 Å². The van der Waals surface area contributed by atoms with E-state index in [2.05, 4.69) is 27.3 Å². The number of nitro groups is 1. The highest BCUT2D eigenvalue weighted by atomic mass is 127. The fourth-order valence-electron chi connectivity index (χ4n) is 1.89. The molecule has 0 amide bonds. The van der Waals surface area contributed by atoms with Gasteiger partial charge in [-0.1, -0.05) is 12.1 Å². The largest absolute Gasteiger partial charge is 0.478 e. The zero-order valence-corrected chi connectivity index (χ0v) is 14.7. The van der Waals surface area contributed by atoms with E-state index < -0.39 is 16.6 Å². The molecular formula is C16H12INO6. The van der Waals surface area contributed by atoms with Gasteiger partial charge in [0.05, 0.1) is 17.6 Å². The van der Waals surface area contributed by atoms with Crippen molar-refractivity contribution in [2.45, 2.75) is 0 Å². The summed E-state index contributed by atoms with van der Waals surface area (Å²) in [7, 11) is 1.18. The number of halogens is 1. The molecule has 0 unspecified atom stereocenters. The number of nitro benzene ring substituents is 1. The van der Waals surface area contributed by atoms with Gasteiger partial charge in [0.15, 0.2) is 18.1 Å². The van der Waals surface area contributed by atoms with Crippen LogP contribution in [0.5, 0.6) is 5.75 Å². The van der Waals surface area contributed by atoms with Gasteiger partial charge in [0, 0.05) is 15.2 Å². The standard InChI is InChI=1S/C16H12INO6/c1-23-16(20)11-4-7-15(13(8-11)18(21)22)24-9-14(19)10-2-5-12(17)6-3-10/h2-8H,9H2,1H3. The molecule has 8 heteroatoms. The summed E-state index contributed by atoms with van der Waals surface area (Å²) < 4.78 is 10.8. The van der Waals surface area contributed by atoms with Crippen LogP contribution in [0, 0.1) is 13.7 Å². The number of hydrogen-bond acceptors (Lipinski definition) is 6. The average Bonchev–Trinajstić information content (AvgIpc) is 2.59. The van der Waals surface area contributed by atoms with Crippen LogP contribution in [0.3, 0.4) is 0 Å². The van der Waals surface area contributed by atoms with E-state index in [0.29, 0.717) is 5.56 Å². The van der Waals surface area contributed by atoms with Gasteiger partial charge in [-0.2, -0.15) is 0 Å². The third-order valence-electron chi connectivity index (χ3n) is 3.10. The average molecular weight is 441 g/mol. The van der Waals surface area contributed by atoms with E-state index >= 15 is 0 Å². The second-order valence-corrected chi connectivity index (χ2v) is 5.90. The van der Waals surface area contributed by atoms with E-state index in [9.17, 15) is 19.7 Å². The molecule has 0 radical (unpaired) electrons. The van der Waals surface area contributed by atoms with Crippen LogP contribution in [0.2, 0.25) is 0 Å². The van der Waals surface area contributed by atoms with Crippen molar-refractivity contribution in [2.75, 3.05) is 13.7 Å². The summed E-state index contributed by atoms with van der Waals surface area (Å²) in [6.07, 6.45) is 0. The number of carbonyl (C=O) groups is 2.